The van der Waals surface area contributed by atoms with Crippen LogP contribution >= 0.6 is 0 Å². The van der Waals surface area contributed by atoms with E-state index >= 15 is 0 Å². The summed E-state index contributed by atoms with van der Waals surface area (Å²) in [5, 5.41) is 14.7. The molecule has 1 aromatic carbocycles. The van der Waals surface area contributed by atoms with Gasteiger partial charge in [-0.2, -0.15) is 0 Å². The second kappa shape index (κ2) is 8.15. The minimum absolute atomic E-state index is 0.0501. The normalized spacial score (nSPS) is 18.2. The van der Waals surface area contributed by atoms with Crippen LogP contribution < -0.4 is 10.6 Å². The van der Waals surface area contributed by atoms with E-state index in [1.54, 1.807) is 38.1 Å². The van der Waals surface area contributed by atoms with Gasteiger partial charge in [0.05, 0.1) is 32.4 Å². The Morgan fingerprint density at radius 2 is 1.90 bits per heavy atom. The van der Waals surface area contributed by atoms with E-state index in [9.17, 15) is 19.2 Å². The molecule has 10 nitrogen and oxygen atoms in total. The van der Waals surface area contributed by atoms with E-state index in [1.165, 1.54) is 12.0 Å². The van der Waals surface area contributed by atoms with Gasteiger partial charge in [0.25, 0.3) is 11.8 Å². The van der Waals surface area contributed by atoms with Gasteiger partial charge in [-0.25, -0.2) is 9.59 Å². The van der Waals surface area contributed by atoms with Crippen molar-refractivity contribution in [1.82, 2.24) is 15.1 Å². The van der Waals surface area contributed by atoms with Crippen molar-refractivity contribution < 1.29 is 29.0 Å². The molecule has 1 fully saturated rings. The van der Waals surface area contributed by atoms with Gasteiger partial charge in [-0.1, -0.05) is 12.1 Å². The second-order valence-electron chi connectivity index (χ2n) is 7.56. The second-order valence-corrected chi connectivity index (χ2v) is 7.56. The number of nitrogens with zero attached hydrogens (tertiary/aromatic N) is 2. The summed E-state index contributed by atoms with van der Waals surface area (Å²) in [6.07, 6.45) is 0. The molecule has 2 aliphatic rings. The highest BCUT2D eigenvalue weighted by atomic mass is 16.5. The third-order valence-electron chi connectivity index (χ3n) is 4.96. The van der Waals surface area contributed by atoms with Gasteiger partial charge in [0, 0.05) is 12.2 Å². The SMILES string of the molecule is COC(=O)C1=C(Nc2ccc(CN3C(=O)NC(C)(C)C3=O)cc2)C(=O)N(CCO)C1. The fraction of sp³-hybridized carbons (Fsp3) is 0.400. The van der Waals surface area contributed by atoms with Crippen LogP contribution in [0.5, 0.6) is 0 Å². The zero-order valence-electron chi connectivity index (χ0n) is 17.0. The molecule has 10 heteroatoms. The molecule has 30 heavy (non-hydrogen) atoms. The molecule has 2 heterocycles. The van der Waals surface area contributed by atoms with Crippen molar-refractivity contribution in [3.05, 3.63) is 41.1 Å². The number of anilines is 1. The molecular weight excluding hydrogens is 392 g/mol. The van der Waals surface area contributed by atoms with E-state index in [0.29, 0.717) is 5.69 Å². The highest BCUT2D eigenvalue weighted by Gasteiger charge is 2.44. The van der Waals surface area contributed by atoms with Gasteiger partial charge in [-0.15, -0.1) is 0 Å². The number of nitrogens with one attached hydrogen (secondary N) is 2. The van der Waals surface area contributed by atoms with Crippen LogP contribution in [-0.4, -0.2) is 71.1 Å². The summed E-state index contributed by atoms with van der Waals surface area (Å²) in [6.45, 7) is 3.34. The molecule has 0 radical (unpaired) electrons. The average molecular weight is 416 g/mol. The van der Waals surface area contributed by atoms with Gasteiger partial charge in [-0.3, -0.25) is 14.5 Å². The number of rotatable bonds is 7. The molecule has 3 N–H and O–H groups in total. The molecule has 0 unspecified atom stereocenters. The highest BCUT2D eigenvalue weighted by molar-refractivity contribution is 6.08. The average Bonchev–Trinajstić information content (AvgIpc) is 3.11. The molecule has 0 aliphatic carbocycles. The molecule has 2 aliphatic heterocycles. The van der Waals surface area contributed by atoms with Crippen molar-refractivity contribution in [2.75, 3.05) is 32.1 Å². The fourth-order valence-electron chi connectivity index (χ4n) is 3.33. The summed E-state index contributed by atoms with van der Waals surface area (Å²) in [5.41, 5.74) is 0.620. The standard InChI is InChI=1S/C20H24N4O6/c1-20(2)18(28)24(19(29)22-20)10-12-4-6-13(7-5-12)21-15-14(17(27)30-3)11-23(8-9-25)16(15)26/h4-7,21,25H,8-11H2,1-3H3,(H,22,29). The zero-order chi connectivity index (χ0) is 22.1. The zero-order valence-corrected chi connectivity index (χ0v) is 17.0. The van der Waals surface area contributed by atoms with E-state index < -0.39 is 23.4 Å². The van der Waals surface area contributed by atoms with Crippen LogP contribution in [0.4, 0.5) is 10.5 Å². The first-order valence-electron chi connectivity index (χ1n) is 9.39. The van der Waals surface area contributed by atoms with Crippen LogP contribution in [0.3, 0.4) is 0 Å². The molecule has 4 amide bonds. The lowest BCUT2D eigenvalue weighted by Gasteiger charge is -2.16. The monoisotopic (exact) mass is 416 g/mol. The van der Waals surface area contributed by atoms with Crippen LogP contribution in [0.15, 0.2) is 35.5 Å². The molecule has 160 valence electrons. The van der Waals surface area contributed by atoms with Crippen LogP contribution in [0.25, 0.3) is 0 Å². The Labute approximate surface area is 173 Å². The first-order chi connectivity index (χ1) is 14.2. The number of amides is 4. The Kier molecular flexibility index (Phi) is 5.79. The minimum Gasteiger partial charge on any atom is -0.466 e. The van der Waals surface area contributed by atoms with Crippen molar-refractivity contribution in [3.63, 3.8) is 0 Å². The molecule has 0 bridgehead atoms. The molecule has 3 rings (SSSR count). The molecule has 0 aromatic heterocycles. The maximum absolute atomic E-state index is 12.6. The van der Waals surface area contributed by atoms with Gasteiger partial charge >= 0.3 is 12.0 Å². The number of ether oxygens (including phenoxy) is 1. The smallest absolute Gasteiger partial charge is 0.337 e. The van der Waals surface area contributed by atoms with Gasteiger partial charge in [0.15, 0.2) is 0 Å². The van der Waals surface area contributed by atoms with E-state index in [2.05, 4.69) is 10.6 Å². The Morgan fingerprint density at radius 1 is 1.23 bits per heavy atom. The van der Waals surface area contributed by atoms with Gasteiger partial charge in [-0.05, 0) is 31.5 Å². The lowest BCUT2D eigenvalue weighted by atomic mass is 10.1. The predicted molar refractivity (Wildman–Crippen MR) is 106 cm³/mol. The molecule has 1 saturated heterocycles. The van der Waals surface area contributed by atoms with E-state index in [-0.39, 0.29) is 43.4 Å². The number of β-amino-alcohol motifs (C(OH)–C–C–N with tert-alkyl or cyclic N) is 1. The highest BCUT2D eigenvalue weighted by Crippen LogP contribution is 2.24. The van der Waals surface area contributed by atoms with Crippen molar-refractivity contribution in [2.45, 2.75) is 25.9 Å². The third-order valence-corrected chi connectivity index (χ3v) is 4.96. The number of carbonyl (C=O) groups excluding carboxylic acids is 4. The first-order valence-corrected chi connectivity index (χ1v) is 9.39. The van der Waals surface area contributed by atoms with Crippen LogP contribution in [0.2, 0.25) is 0 Å². The minimum atomic E-state index is -0.932. The van der Waals surface area contributed by atoms with E-state index in [0.717, 1.165) is 10.5 Å². The van der Waals surface area contributed by atoms with Crippen LogP contribution in [0, 0.1) is 0 Å². The summed E-state index contributed by atoms with van der Waals surface area (Å²) >= 11 is 0. The maximum atomic E-state index is 12.6. The number of benzene rings is 1. The Bertz CT molecular complexity index is 922. The summed E-state index contributed by atoms with van der Waals surface area (Å²) in [5.74, 6) is -1.33. The number of hydrogen-bond acceptors (Lipinski definition) is 7. The molecule has 0 saturated carbocycles. The summed E-state index contributed by atoms with van der Waals surface area (Å²) in [6, 6.07) is 6.36. The van der Waals surface area contributed by atoms with Crippen LogP contribution in [0.1, 0.15) is 19.4 Å². The topological polar surface area (TPSA) is 128 Å². The Morgan fingerprint density at radius 3 is 2.43 bits per heavy atom. The summed E-state index contributed by atoms with van der Waals surface area (Å²) < 4.78 is 4.75. The van der Waals surface area contributed by atoms with Crippen molar-refractivity contribution >= 4 is 29.5 Å². The lowest BCUT2D eigenvalue weighted by molar-refractivity contribution is -0.136. The number of urea groups is 1. The number of imide groups is 1. The third kappa shape index (κ3) is 3.99. The summed E-state index contributed by atoms with van der Waals surface area (Å²) in [7, 11) is 1.23. The van der Waals surface area contributed by atoms with Crippen LogP contribution in [-0.2, 0) is 25.7 Å². The van der Waals surface area contributed by atoms with E-state index in [4.69, 9.17) is 9.84 Å². The molecule has 0 spiro atoms. The fourth-order valence-corrected chi connectivity index (χ4v) is 3.33. The Hall–Kier alpha value is -3.40. The van der Waals surface area contributed by atoms with Gasteiger partial charge < -0.3 is 25.4 Å². The lowest BCUT2D eigenvalue weighted by Crippen LogP contribution is -2.40. The number of aliphatic hydroxyl groups is 1. The van der Waals surface area contributed by atoms with Gasteiger partial charge in [0.2, 0.25) is 0 Å². The summed E-state index contributed by atoms with van der Waals surface area (Å²) in [4.78, 5) is 51.4. The molecule has 0 atom stereocenters. The predicted octanol–water partition coefficient (Wildman–Crippen LogP) is 0.191. The van der Waals surface area contributed by atoms with Crippen molar-refractivity contribution in [1.29, 1.82) is 0 Å². The van der Waals surface area contributed by atoms with Crippen molar-refractivity contribution in [2.24, 2.45) is 0 Å². The van der Waals surface area contributed by atoms with Crippen molar-refractivity contribution in [3.8, 4) is 0 Å². The molecular formula is C20H24N4O6. The number of esters is 1. The largest absolute Gasteiger partial charge is 0.466 e. The molecule has 1 aromatic rings. The number of aliphatic hydroxyl groups excluding tert-OH is 1. The number of hydrogen-bond donors (Lipinski definition) is 3. The van der Waals surface area contributed by atoms with Gasteiger partial charge in [0.1, 0.15) is 11.2 Å². The maximum Gasteiger partial charge on any atom is 0.337 e. The quantitative estimate of drug-likeness (QED) is 0.428. The number of methoxy groups -OCH3 is 1. The Balaban J connectivity index is 1.74. The number of carbonyl (C=O) groups is 4. The first kappa shape index (κ1) is 21.3. The van der Waals surface area contributed by atoms with E-state index in [1.807, 2.05) is 0 Å².